The second-order valence-electron chi connectivity index (χ2n) is 3.64. The quantitative estimate of drug-likeness (QED) is 0.632. The third-order valence-electron chi connectivity index (χ3n) is 2.47. The molecule has 0 saturated carbocycles. The maximum absolute atomic E-state index is 10.6. The van der Waals surface area contributed by atoms with Crippen LogP contribution in [-0.2, 0) is 6.54 Å². The second kappa shape index (κ2) is 4.20. The summed E-state index contributed by atoms with van der Waals surface area (Å²) >= 11 is 0. The Hall–Kier alpha value is -2.44. The van der Waals surface area contributed by atoms with Crippen LogP contribution in [0.1, 0.15) is 11.3 Å². The molecular weight excluding hydrogens is 222 g/mol. The summed E-state index contributed by atoms with van der Waals surface area (Å²) in [7, 11) is 0. The molecule has 7 nitrogen and oxygen atoms in total. The first kappa shape index (κ1) is 11.1. The molecule has 0 atom stereocenters. The Bertz CT molecular complexity index is 564. The van der Waals surface area contributed by atoms with Crippen LogP contribution in [0.25, 0.3) is 0 Å². The van der Waals surface area contributed by atoms with E-state index in [1.165, 1.54) is 12.1 Å². The number of anilines is 1. The van der Waals surface area contributed by atoms with E-state index in [4.69, 9.17) is 5.73 Å². The van der Waals surface area contributed by atoms with E-state index in [0.29, 0.717) is 12.4 Å². The number of nitrogen functional groups attached to an aromatic ring is 1. The molecule has 2 aromatic rings. The summed E-state index contributed by atoms with van der Waals surface area (Å²) in [5.41, 5.74) is 7.16. The highest BCUT2D eigenvalue weighted by molar-refractivity contribution is 5.35. The van der Waals surface area contributed by atoms with Crippen LogP contribution in [0.4, 0.5) is 11.5 Å². The average Bonchev–Trinajstić information content (AvgIpc) is 2.61. The Balaban J connectivity index is 2.27. The van der Waals surface area contributed by atoms with Crippen molar-refractivity contribution in [3.8, 4) is 0 Å². The number of rotatable bonds is 3. The normalized spacial score (nSPS) is 10.4. The van der Waals surface area contributed by atoms with Crippen LogP contribution in [0, 0.1) is 17.0 Å². The van der Waals surface area contributed by atoms with Crippen LogP contribution >= 0.6 is 0 Å². The first-order valence-corrected chi connectivity index (χ1v) is 4.97. The zero-order valence-electron chi connectivity index (χ0n) is 9.20. The van der Waals surface area contributed by atoms with Crippen molar-refractivity contribution in [2.45, 2.75) is 13.5 Å². The van der Waals surface area contributed by atoms with Gasteiger partial charge in [0.2, 0.25) is 0 Å². The van der Waals surface area contributed by atoms with Crippen molar-refractivity contribution in [2.24, 2.45) is 0 Å². The van der Waals surface area contributed by atoms with Crippen molar-refractivity contribution in [1.82, 2.24) is 15.0 Å². The van der Waals surface area contributed by atoms with Gasteiger partial charge in [-0.25, -0.2) is 4.68 Å². The first-order chi connectivity index (χ1) is 8.08. The van der Waals surface area contributed by atoms with E-state index in [9.17, 15) is 10.1 Å². The molecule has 0 aliphatic rings. The van der Waals surface area contributed by atoms with Gasteiger partial charge < -0.3 is 5.73 Å². The number of nitrogens with zero attached hydrogens (tertiary/aromatic N) is 4. The lowest BCUT2D eigenvalue weighted by atomic mass is 10.2. The Morgan fingerprint density at radius 3 is 2.88 bits per heavy atom. The summed E-state index contributed by atoms with van der Waals surface area (Å²) in [6.45, 7) is 2.21. The number of aromatic nitrogens is 3. The van der Waals surface area contributed by atoms with E-state index in [0.717, 1.165) is 11.3 Å². The van der Waals surface area contributed by atoms with Crippen molar-refractivity contribution >= 4 is 11.5 Å². The number of non-ortho nitro benzene ring substituents is 1. The predicted molar refractivity (Wildman–Crippen MR) is 61.4 cm³/mol. The fraction of sp³-hybridized carbons (Fsp3) is 0.200. The molecule has 0 unspecified atom stereocenters. The Kier molecular flexibility index (Phi) is 2.73. The lowest BCUT2D eigenvalue weighted by molar-refractivity contribution is -0.384. The largest absolute Gasteiger partial charge is 0.381 e. The summed E-state index contributed by atoms with van der Waals surface area (Å²) in [5, 5.41) is 18.2. The number of nitrogens with two attached hydrogens (primary N) is 1. The van der Waals surface area contributed by atoms with Crippen LogP contribution in [0.2, 0.25) is 0 Å². The van der Waals surface area contributed by atoms with Crippen LogP contribution in [0.15, 0.2) is 24.3 Å². The molecule has 1 aromatic heterocycles. The molecular formula is C10H11N5O2. The molecule has 88 valence electrons. The summed E-state index contributed by atoms with van der Waals surface area (Å²) in [6, 6.07) is 6.40. The highest BCUT2D eigenvalue weighted by atomic mass is 16.6. The molecule has 0 saturated heterocycles. The van der Waals surface area contributed by atoms with Gasteiger partial charge in [-0.1, -0.05) is 17.3 Å². The highest BCUT2D eigenvalue weighted by Gasteiger charge is 2.09. The molecule has 0 bridgehead atoms. The van der Waals surface area contributed by atoms with Gasteiger partial charge in [-0.3, -0.25) is 10.1 Å². The summed E-state index contributed by atoms with van der Waals surface area (Å²) in [6.07, 6.45) is 0. The Morgan fingerprint density at radius 2 is 2.29 bits per heavy atom. The zero-order valence-corrected chi connectivity index (χ0v) is 9.20. The van der Waals surface area contributed by atoms with Crippen molar-refractivity contribution in [3.63, 3.8) is 0 Å². The minimum atomic E-state index is -0.425. The monoisotopic (exact) mass is 233 g/mol. The number of nitro benzene ring substituents is 1. The van der Waals surface area contributed by atoms with Crippen LogP contribution < -0.4 is 5.73 Å². The molecule has 0 fully saturated rings. The topological polar surface area (TPSA) is 99.9 Å². The lowest BCUT2D eigenvalue weighted by Gasteiger charge is -2.03. The molecule has 0 spiro atoms. The first-order valence-electron chi connectivity index (χ1n) is 4.97. The second-order valence-corrected chi connectivity index (χ2v) is 3.64. The molecule has 0 aliphatic heterocycles. The molecule has 17 heavy (non-hydrogen) atoms. The summed E-state index contributed by atoms with van der Waals surface area (Å²) in [4.78, 5) is 10.2. The summed E-state index contributed by atoms with van der Waals surface area (Å²) in [5.74, 6) is 0.371. The average molecular weight is 233 g/mol. The lowest BCUT2D eigenvalue weighted by Crippen LogP contribution is -2.04. The van der Waals surface area contributed by atoms with Gasteiger partial charge in [-0.05, 0) is 12.5 Å². The predicted octanol–water partition coefficient (Wildman–Crippen LogP) is 1.13. The number of hydrogen-bond acceptors (Lipinski definition) is 5. The minimum absolute atomic E-state index is 0.0632. The van der Waals surface area contributed by atoms with Crippen molar-refractivity contribution in [3.05, 3.63) is 45.6 Å². The fourth-order valence-electron chi connectivity index (χ4n) is 1.47. The number of hydrogen-bond donors (Lipinski definition) is 1. The highest BCUT2D eigenvalue weighted by Crippen LogP contribution is 2.15. The van der Waals surface area contributed by atoms with Crippen LogP contribution in [0.3, 0.4) is 0 Å². The maximum atomic E-state index is 10.6. The van der Waals surface area contributed by atoms with Gasteiger partial charge in [-0.15, -0.1) is 5.10 Å². The minimum Gasteiger partial charge on any atom is -0.381 e. The van der Waals surface area contributed by atoms with Crippen molar-refractivity contribution in [2.75, 3.05) is 5.73 Å². The third kappa shape index (κ3) is 2.22. The molecule has 0 aliphatic carbocycles. The molecule has 0 radical (unpaired) electrons. The van der Waals surface area contributed by atoms with E-state index < -0.39 is 4.92 Å². The van der Waals surface area contributed by atoms with Crippen LogP contribution in [-0.4, -0.2) is 19.9 Å². The van der Waals surface area contributed by atoms with Gasteiger partial charge in [0.1, 0.15) is 0 Å². The SMILES string of the molecule is Cc1c(N)nnn1Cc1cccc([N+](=O)[O-])c1. The van der Waals surface area contributed by atoms with E-state index in [2.05, 4.69) is 10.3 Å². The van der Waals surface area contributed by atoms with E-state index in [-0.39, 0.29) is 5.69 Å². The van der Waals surface area contributed by atoms with Gasteiger partial charge in [0.15, 0.2) is 5.82 Å². The summed E-state index contributed by atoms with van der Waals surface area (Å²) < 4.78 is 1.61. The van der Waals surface area contributed by atoms with E-state index >= 15 is 0 Å². The smallest absolute Gasteiger partial charge is 0.269 e. The Labute approximate surface area is 97.0 Å². The van der Waals surface area contributed by atoms with Gasteiger partial charge in [0, 0.05) is 12.1 Å². The van der Waals surface area contributed by atoms with Crippen LogP contribution in [0.5, 0.6) is 0 Å². The van der Waals surface area contributed by atoms with E-state index in [1.807, 2.05) is 0 Å². The van der Waals surface area contributed by atoms with Gasteiger partial charge in [0.05, 0.1) is 17.2 Å². The third-order valence-corrected chi connectivity index (χ3v) is 2.47. The fourth-order valence-corrected chi connectivity index (χ4v) is 1.47. The zero-order chi connectivity index (χ0) is 12.4. The molecule has 0 amide bonds. The standard InChI is InChI=1S/C10H11N5O2/c1-7-10(11)12-13-14(7)6-8-3-2-4-9(5-8)15(16)17/h2-5H,6,11H2,1H3. The van der Waals surface area contributed by atoms with Gasteiger partial charge in [0.25, 0.3) is 5.69 Å². The Morgan fingerprint density at radius 1 is 1.53 bits per heavy atom. The van der Waals surface area contributed by atoms with Crippen molar-refractivity contribution in [1.29, 1.82) is 0 Å². The van der Waals surface area contributed by atoms with Gasteiger partial charge >= 0.3 is 0 Å². The number of nitro groups is 1. The molecule has 1 heterocycles. The van der Waals surface area contributed by atoms with E-state index in [1.54, 1.807) is 23.7 Å². The van der Waals surface area contributed by atoms with Crippen molar-refractivity contribution < 1.29 is 4.92 Å². The molecule has 2 rings (SSSR count). The molecule has 1 aromatic carbocycles. The van der Waals surface area contributed by atoms with Gasteiger partial charge in [-0.2, -0.15) is 0 Å². The molecule has 2 N–H and O–H groups in total. The molecule has 7 heteroatoms. The number of benzene rings is 1. The maximum Gasteiger partial charge on any atom is 0.269 e.